The van der Waals surface area contributed by atoms with Crippen LogP contribution in [0.25, 0.3) is 11.6 Å². The highest BCUT2D eigenvalue weighted by Crippen LogP contribution is 2.28. The minimum Gasteiger partial charge on any atom is -0.467 e. The minimum absolute atomic E-state index is 0.108. The van der Waals surface area contributed by atoms with Crippen LogP contribution in [0, 0.1) is 0 Å². The van der Waals surface area contributed by atoms with Crippen molar-refractivity contribution in [1.82, 2.24) is 20.1 Å². The minimum atomic E-state index is -0.108. The van der Waals surface area contributed by atoms with Crippen LogP contribution in [0.3, 0.4) is 0 Å². The number of furan rings is 2. The van der Waals surface area contributed by atoms with E-state index in [1.165, 1.54) is 11.8 Å². The molecule has 1 amide bonds. The van der Waals surface area contributed by atoms with E-state index < -0.39 is 0 Å². The lowest BCUT2D eigenvalue weighted by Crippen LogP contribution is -2.24. The Morgan fingerprint density at radius 1 is 1.10 bits per heavy atom. The van der Waals surface area contributed by atoms with Gasteiger partial charge in [-0.25, -0.2) is 0 Å². The Kier molecular flexibility index (Phi) is 6.16. The maximum atomic E-state index is 12.2. The third-order valence-corrected chi connectivity index (χ3v) is 5.46. The Hall–Kier alpha value is -2.78. The molecule has 148 valence electrons. The predicted octanol–water partition coefficient (Wildman–Crippen LogP) is 4.35. The summed E-state index contributed by atoms with van der Waals surface area (Å²) in [5.41, 5.74) is 1.10. The van der Waals surface area contributed by atoms with E-state index in [0.29, 0.717) is 40.3 Å². The smallest absolute Gasteiger partial charge is 0.230 e. The van der Waals surface area contributed by atoms with E-state index in [9.17, 15) is 4.79 Å². The largest absolute Gasteiger partial charge is 0.467 e. The van der Waals surface area contributed by atoms with E-state index in [1.807, 2.05) is 53.1 Å². The van der Waals surface area contributed by atoms with Gasteiger partial charge in [0.05, 0.1) is 25.1 Å². The van der Waals surface area contributed by atoms with Crippen LogP contribution in [0.5, 0.6) is 0 Å². The molecule has 4 aromatic rings. The van der Waals surface area contributed by atoms with E-state index >= 15 is 0 Å². The lowest BCUT2D eigenvalue weighted by molar-refractivity contribution is -0.118. The first kappa shape index (κ1) is 19.5. The number of halogens is 1. The lowest BCUT2D eigenvalue weighted by Gasteiger charge is -2.09. The molecule has 3 aromatic heterocycles. The van der Waals surface area contributed by atoms with E-state index in [0.717, 1.165) is 5.56 Å². The maximum Gasteiger partial charge on any atom is 0.230 e. The maximum absolute atomic E-state index is 12.2. The second kappa shape index (κ2) is 9.15. The van der Waals surface area contributed by atoms with E-state index in [2.05, 4.69) is 31.4 Å². The van der Waals surface area contributed by atoms with Crippen molar-refractivity contribution in [2.24, 2.45) is 0 Å². The van der Waals surface area contributed by atoms with Gasteiger partial charge in [0.2, 0.25) is 11.7 Å². The number of rotatable bonds is 8. The zero-order valence-corrected chi connectivity index (χ0v) is 17.6. The van der Waals surface area contributed by atoms with Crippen molar-refractivity contribution >= 4 is 33.6 Å². The van der Waals surface area contributed by atoms with Crippen LogP contribution < -0.4 is 5.32 Å². The fourth-order valence-electron chi connectivity index (χ4n) is 2.70. The molecule has 0 aliphatic rings. The van der Waals surface area contributed by atoms with Crippen molar-refractivity contribution in [3.63, 3.8) is 0 Å². The summed E-state index contributed by atoms with van der Waals surface area (Å²) in [4.78, 5) is 12.2. The summed E-state index contributed by atoms with van der Waals surface area (Å²) in [6, 6.07) is 17.3. The summed E-state index contributed by atoms with van der Waals surface area (Å²) < 4.78 is 13.5. The summed E-state index contributed by atoms with van der Waals surface area (Å²) in [6.45, 7) is 0.923. The SMILES string of the molecule is O=C(CSc1nnc(-c2ccc(Br)o2)n1Cc1ccccc1)NCc1ccco1. The van der Waals surface area contributed by atoms with Gasteiger partial charge in [0, 0.05) is 0 Å². The van der Waals surface area contributed by atoms with Crippen LogP contribution in [0.15, 0.2) is 79.5 Å². The van der Waals surface area contributed by atoms with Gasteiger partial charge in [0.25, 0.3) is 0 Å². The first-order chi connectivity index (χ1) is 14.2. The van der Waals surface area contributed by atoms with Gasteiger partial charge in [0.1, 0.15) is 5.76 Å². The van der Waals surface area contributed by atoms with Crippen molar-refractivity contribution < 1.29 is 13.6 Å². The van der Waals surface area contributed by atoms with Gasteiger partial charge in [0.15, 0.2) is 15.6 Å². The topological polar surface area (TPSA) is 86.1 Å². The molecule has 0 bridgehead atoms. The number of hydrogen-bond donors (Lipinski definition) is 1. The monoisotopic (exact) mass is 472 g/mol. The number of benzene rings is 1. The molecule has 0 saturated carbocycles. The second-order valence-corrected chi connectivity index (χ2v) is 7.85. The zero-order valence-electron chi connectivity index (χ0n) is 15.2. The molecule has 0 saturated heterocycles. The number of carbonyl (C=O) groups is 1. The Bertz CT molecular complexity index is 1080. The van der Waals surface area contributed by atoms with Crippen molar-refractivity contribution in [1.29, 1.82) is 0 Å². The van der Waals surface area contributed by atoms with E-state index in [-0.39, 0.29) is 11.7 Å². The van der Waals surface area contributed by atoms with E-state index in [4.69, 9.17) is 8.83 Å². The summed E-state index contributed by atoms with van der Waals surface area (Å²) in [7, 11) is 0. The Labute approximate surface area is 179 Å². The Morgan fingerprint density at radius 3 is 2.69 bits per heavy atom. The Balaban J connectivity index is 1.49. The molecule has 0 atom stereocenters. The average Bonchev–Trinajstić information content (AvgIpc) is 3.47. The van der Waals surface area contributed by atoms with Gasteiger partial charge < -0.3 is 14.2 Å². The second-order valence-electron chi connectivity index (χ2n) is 6.13. The molecule has 7 nitrogen and oxygen atoms in total. The fourth-order valence-corrected chi connectivity index (χ4v) is 3.77. The fraction of sp³-hybridized carbons (Fsp3) is 0.150. The Morgan fingerprint density at radius 2 is 1.97 bits per heavy atom. The van der Waals surface area contributed by atoms with Crippen molar-refractivity contribution in [3.8, 4) is 11.6 Å². The molecule has 3 heterocycles. The van der Waals surface area contributed by atoms with Crippen molar-refractivity contribution in [3.05, 3.63) is 76.9 Å². The molecule has 4 rings (SSSR count). The number of nitrogens with zero attached hydrogens (tertiary/aromatic N) is 3. The van der Waals surface area contributed by atoms with Gasteiger partial charge in [-0.2, -0.15) is 0 Å². The van der Waals surface area contributed by atoms with Crippen LogP contribution in [0.4, 0.5) is 0 Å². The molecule has 0 aliphatic heterocycles. The predicted molar refractivity (Wildman–Crippen MR) is 112 cm³/mol. The lowest BCUT2D eigenvalue weighted by atomic mass is 10.2. The molecule has 0 fully saturated rings. The van der Waals surface area contributed by atoms with Gasteiger partial charge in [-0.15, -0.1) is 10.2 Å². The van der Waals surface area contributed by atoms with E-state index in [1.54, 1.807) is 12.3 Å². The molecular formula is C20H17BrN4O3S. The number of nitrogens with one attached hydrogen (secondary N) is 1. The summed E-state index contributed by atoms with van der Waals surface area (Å²) >= 11 is 4.65. The highest BCUT2D eigenvalue weighted by molar-refractivity contribution is 9.10. The quantitative estimate of drug-likeness (QED) is 0.383. The van der Waals surface area contributed by atoms with Gasteiger partial charge in [-0.1, -0.05) is 42.1 Å². The number of aromatic nitrogens is 3. The molecule has 1 N–H and O–H groups in total. The molecule has 0 radical (unpaired) electrons. The van der Waals surface area contributed by atoms with Crippen molar-refractivity contribution in [2.45, 2.75) is 18.2 Å². The van der Waals surface area contributed by atoms with Gasteiger partial charge >= 0.3 is 0 Å². The van der Waals surface area contributed by atoms with Crippen LogP contribution in [-0.2, 0) is 17.9 Å². The first-order valence-corrected chi connectivity index (χ1v) is 10.6. The van der Waals surface area contributed by atoms with Crippen molar-refractivity contribution in [2.75, 3.05) is 5.75 Å². The number of amides is 1. The normalized spacial score (nSPS) is 10.9. The third kappa shape index (κ3) is 4.99. The summed E-state index contributed by atoms with van der Waals surface area (Å²) in [5.74, 6) is 2.03. The third-order valence-electron chi connectivity index (χ3n) is 4.07. The molecule has 9 heteroatoms. The standard InChI is InChI=1S/C20H17BrN4O3S/c21-17-9-8-16(28-17)19-23-24-20(25(19)12-14-5-2-1-3-6-14)29-13-18(26)22-11-15-7-4-10-27-15/h1-10H,11-13H2,(H,22,26). The van der Waals surface area contributed by atoms with Crippen LogP contribution in [0.1, 0.15) is 11.3 Å². The molecule has 0 unspecified atom stereocenters. The van der Waals surface area contributed by atoms with Gasteiger partial charge in [-0.05, 0) is 45.8 Å². The first-order valence-electron chi connectivity index (χ1n) is 8.84. The average molecular weight is 473 g/mol. The van der Waals surface area contributed by atoms with Crippen LogP contribution >= 0.6 is 27.7 Å². The molecular weight excluding hydrogens is 456 g/mol. The number of hydrogen-bond acceptors (Lipinski definition) is 6. The molecule has 0 aliphatic carbocycles. The van der Waals surface area contributed by atoms with Crippen LogP contribution in [-0.4, -0.2) is 26.4 Å². The summed E-state index contributed by atoms with van der Waals surface area (Å²) in [5, 5.41) is 12.0. The highest BCUT2D eigenvalue weighted by Gasteiger charge is 2.18. The molecule has 0 spiro atoms. The molecule has 1 aromatic carbocycles. The number of carbonyl (C=O) groups excluding carboxylic acids is 1. The number of thioether (sulfide) groups is 1. The molecule has 29 heavy (non-hydrogen) atoms. The zero-order chi connectivity index (χ0) is 20.1. The summed E-state index contributed by atoms with van der Waals surface area (Å²) in [6.07, 6.45) is 1.58. The van der Waals surface area contributed by atoms with Gasteiger partial charge in [-0.3, -0.25) is 9.36 Å². The van der Waals surface area contributed by atoms with Crippen LogP contribution in [0.2, 0.25) is 0 Å². The highest BCUT2D eigenvalue weighted by atomic mass is 79.9.